The second kappa shape index (κ2) is 4.03. The number of rotatable bonds is 3. The van der Waals surface area contributed by atoms with Crippen molar-refractivity contribution in [3.05, 3.63) is 21.7 Å². The molecular formula is C7H7F2N3O3. The number of pyridine rings is 1. The van der Waals surface area contributed by atoms with Crippen LogP contribution in [0.15, 0.2) is 6.07 Å². The predicted octanol–water partition coefficient (Wildman–Crippen LogP) is 1.52. The molecule has 6 nitrogen and oxygen atoms in total. The molecule has 0 saturated carbocycles. The summed E-state index contributed by atoms with van der Waals surface area (Å²) < 4.78 is 29.2. The molecule has 15 heavy (non-hydrogen) atoms. The van der Waals surface area contributed by atoms with Crippen LogP contribution in [-0.2, 0) is 0 Å². The normalized spacial score (nSPS) is 10.4. The lowest BCUT2D eigenvalue weighted by Gasteiger charge is -2.04. The Morgan fingerprint density at radius 1 is 1.67 bits per heavy atom. The van der Waals surface area contributed by atoms with E-state index in [0.29, 0.717) is 0 Å². The highest BCUT2D eigenvalue weighted by molar-refractivity contribution is 5.52. The summed E-state index contributed by atoms with van der Waals surface area (Å²) in [4.78, 5) is 12.8. The van der Waals surface area contributed by atoms with Crippen molar-refractivity contribution in [3.8, 4) is 5.75 Å². The summed E-state index contributed by atoms with van der Waals surface area (Å²) in [5.74, 6) is -1.60. The third-order valence-corrected chi connectivity index (χ3v) is 1.66. The Hall–Kier alpha value is -1.99. The van der Waals surface area contributed by atoms with Crippen molar-refractivity contribution >= 4 is 11.6 Å². The smallest absolute Gasteiger partial charge is 0.408 e. The Bertz CT molecular complexity index is 397. The second-order valence-electron chi connectivity index (χ2n) is 2.55. The van der Waals surface area contributed by atoms with E-state index in [9.17, 15) is 18.9 Å². The molecule has 0 radical (unpaired) electrons. The fourth-order valence-corrected chi connectivity index (χ4v) is 0.969. The molecule has 0 spiro atoms. The maximum absolute atomic E-state index is 12.3. The van der Waals surface area contributed by atoms with Gasteiger partial charge in [-0.1, -0.05) is 0 Å². The Labute approximate surface area is 82.8 Å². The zero-order valence-electron chi connectivity index (χ0n) is 7.61. The lowest BCUT2D eigenvalue weighted by molar-refractivity contribution is -0.390. The molecule has 2 N–H and O–H groups in total. The van der Waals surface area contributed by atoms with Gasteiger partial charge in [-0.05, 0) is 9.91 Å². The number of alkyl halides is 2. The first kappa shape index (κ1) is 11.1. The molecule has 8 heteroatoms. The monoisotopic (exact) mass is 219 g/mol. The standard InChI is InChI=1S/C7H7F2N3O3/c1-15-4-2-3(5(8)9)6(10)11-7(4)12(13)14/h2,5H,1H3,(H2,10,11). The van der Waals surface area contributed by atoms with Crippen molar-refractivity contribution < 1.29 is 18.4 Å². The lowest BCUT2D eigenvalue weighted by atomic mass is 10.2. The summed E-state index contributed by atoms with van der Waals surface area (Å²) in [6.45, 7) is 0. The summed E-state index contributed by atoms with van der Waals surface area (Å²) in [5.41, 5.74) is 4.55. The molecule has 0 aliphatic heterocycles. The first-order chi connectivity index (χ1) is 6.97. The first-order valence-electron chi connectivity index (χ1n) is 3.74. The van der Waals surface area contributed by atoms with Gasteiger partial charge in [0, 0.05) is 6.07 Å². The molecule has 0 amide bonds. The number of methoxy groups -OCH3 is 1. The summed E-state index contributed by atoms with van der Waals surface area (Å²) >= 11 is 0. The van der Waals surface area contributed by atoms with E-state index < -0.39 is 28.5 Å². The van der Waals surface area contributed by atoms with E-state index in [1.165, 1.54) is 0 Å². The van der Waals surface area contributed by atoms with Crippen molar-refractivity contribution in [2.45, 2.75) is 6.43 Å². The molecule has 1 rings (SSSR count). The van der Waals surface area contributed by atoms with E-state index >= 15 is 0 Å². The highest BCUT2D eigenvalue weighted by atomic mass is 19.3. The lowest BCUT2D eigenvalue weighted by Crippen LogP contribution is -2.04. The van der Waals surface area contributed by atoms with Crippen LogP contribution in [0.25, 0.3) is 0 Å². The largest absolute Gasteiger partial charge is 0.489 e. The molecule has 0 atom stereocenters. The molecular weight excluding hydrogens is 212 g/mol. The molecule has 1 aromatic heterocycles. The van der Waals surface area contributed by atoms with Crippen LogP contribution >= 0.6 is 0 Å². The Morgan fingerprint density at radius 2 is 2.27 bits per heavy atom. The summed E-state index contributed by atoms with van der Waals surface area (Å²) in [7, 11) is 1.12. The second-order valence-corrected chi connectivity index (χ2v) is 2.55. The average Bonchev–Trinajstić information content (AvgIpc) is 2.16. The number of halogens is 2. The van der Waals surface area contributed by atoms with Crippen molar-refractivity contribution in [3.63, 3.8) is 0 Å². The first-order valence-corrected chi connectivity index (χ1v) is 3.74. The maximum Gasteiger partial charge on any atom is 0.408 e. The van der Waals surface area contributed by atoms with Gasteiger partial charge < -0.3 is 20.6 Å². The molecule has 0 bridgehead atoms. The van der Waals surface area contributed by atoms with Gasteiger partial charge in [0.25, 0.3) is 6.43 Å². The third-order valence-electron chi connectivity index (χ3n) is 1.66. The van der Waals surface area contributed by atoms with Gasteiger partial charge in [0.15, 0.2) is 0 Å². The zero-order chi connectivity index (χ0) is 11.6. The van der Waals surface area contributed by atoms with Crippen molar-refractivity contribution in [1.29, 1.82) is 0 Å². The van der Waals surface area contributed by atoms with Gasteiger partial charge in [0.1, 0.15) is 0 Å². The van der Waals surface area contributed by atoms with E-state index in [0.717, 1.165) is 13.2 Å². The zero-order valence-corrected chi connectivity index (χ0v) is 7.61. The number of ether oxygens (including phenoxy) is 1. The van der Waals surface area contributed by atoms with Gasteiger partial charge in [-0.3, -0.25) is 0 Å². The van der Waals surface area contributed by atoms with Gasteiger partial charge in [0.05, 0.1) is 12.7 Å². The minimum atomic E-state index is -2.85. The van der Waals surface area contributed by atoms with Crippen molar-refractivity contribution in [1.82, 2.24) is 4.98 Å². The average molecular weight is 219 g/mol. The van der Waals surface area contributed by atoms with Gasteiger partial charge in [0.2, 0.25) is 11.6 Å². The van der Waals surface area contributed by atoms with E-state index in [2.05, 4.69) is 9.72 Å². The SMILES string of the molecule is COc1cc(C(F)F)c(N)nc1[N+](=O)[O-]. The fourth-order valence-electron chi connectivity index (χ4n) is 0.969. The highest BCUT2D eigenvalue weighted by Crippen LogP contribution is 2.33. The van der Waals surface area contributed by atoms with E-state index in [1.807, 2.05) is 0 Å². The Morgan fingerprint density at radius 3 is 2.67 bits per heavy atom. The minimum absolute atomic E-state index is 0.343. The predicted molar refractivity (Wildman–Crippen MR) is 46.8 cm³/mol. The van der Waals surface area contributed by atoms with Gasteiger partial charge in [-0.25, -0.2) is 8.78 Å². The number of nitro groups is 1. The number of hydrogen-bond donors (Lipinski definition) is 1. The minimum Gasteiger partial charge on any atom is -0.489 e. The number of nitrogens with zero attached hydrogens (tertiary/aromatic N) is 2. The van der Waals surface area contributed by atoms with Crippen LogP contribution in [0.2, 0.25) is 0 Å². The summed E-state index contributed by atoms with van der Waals surface area (Å²) in [5, 5.41) is 10.4. The number of aromatic nitrogens is 1. The fraction of sp³-hybridized carbons (Fsp3) is 0.286. The maximum atomic E-state index is 12.3. The summed E-state index contributed by atoms with van der Waals surface area (Å²) in [6, 6.07) is 0.811. The summed E-state index contributed by atoms with van der Waals surface area (Å²) in [6.07, 6.45) is -2.85. The van der Waals surface area contributed by atoms with Gasteiger partial charge in [-0.15, -0.1) is 0 Å². The number of nitrogens with two attached hydrogens (primary N) is 1. The molecule has 82 valence electrons. The topological polar surface area (TPSA) is 91.3 Å². The number of anilines is 1. The third kappa shape index (κ3) is 2.09. The number of nitrogen functional groups attached to an aromatic ring is 1. The highest BCUT2D eigenvalue weighted by Gasteiger charge is 2.25. The van der Waals surface area contributed by atoms with E-state index in [1.54, 1.807) is 0 Å². The van der Waals surface area contributed by atoms with Crippen molar-refractivity contribution in [2.75, 3.05) is 12.8 Å². The van der Waals surface area contributed by atoms with Crippen LogP contribution in [0, 0.1) is 10.1 Å². The van der Waals surface area contributed by atoms with Gasteiger partial charge in [-0.2, -0.15) is 0 Å². The van der Waals surface area contributed by atoms with E-state index in [-0.39, 0.29) is 5.75 Å². The Kier molecular flexibility index (Phi) is 2.98. The van der Waals surface area contributed by atoms with Gasteiger partial charge >= 0.3 is 5.82 Å². The Balaban J connectivity index is 3.35. The van der Waals surface area contributed by atoms with Crippen LogP contribution in [0.5, 0.6) is 5.75 Å². The molecule has 0 unspecified atom stereocenters. The van der Waals surface area contributed by atoms with Crippen LogP contribution in [0.1, 0.15) is 12.0 Å². The van der Waals surface area contributed by atoms with Crippen LogP contribution in [0.4, 0.5) is 20.4 Å². The molecule has 0 fully saturated rings. The van der Waals surface area contributed by atoms with Crippen LogP contribution in [-0.4, -0.2) is 17.0 Å². The van der Waals surface area contributed by atoms with Crippen LogP contribution in [0.3, 0.4) is 0 Å². The van der Waals surface area contributed by atoms with Crippen molar-refractivity contribution in [2.24, 2.45) is 0 Å². The number of hydrogen-bond acceptors (Lipinski definition) is 5. The molecule has 0 aliphatic carbocycles. The molecule has 1 heterocycles. The molecule has 0 saturated heterocycles. The molecule has 0 aromatic carbocycles. The van der Waals surface area contributed by atoms with E-state index in [4.69, 9.17) is 5.73 Å². The quantitative estimate of drug-likeness (QED) is 0.614. The molecule has 0 aliphatic rings. The molecule has 1 aromatic rings. The van der Waals surface area contributed by atoms with Crippen LogP contribution < -0.4 is 10.5 Å².